The lowest BCUT2D eigenvalue weighted by molar-refractivity contribution is 0.574. The molecule has 0 aliphatic rings. The zero-order valence-electron chi connectivity index (χ0n) is 10.6. The van der Waals surface area contributed by atoms with Crippen molar-refractivity contribution < 1.29 is 0 Å². The van der Waals surface area contributed by atoms with Gasteiger partial charge < -0.3 is 5.32 Å². The summed E-state index contributed by atoms with van der Waals surface area (Å²) in [6, 6.07) is 4.21. The molecule has 0 amide bonds. The minimum atomic E-state index is 0.0937. The van der Waals surface area contributed by atoms with Crippen LogP contribution < -0.4 is 5.32 Å². The smallest absolute Gasteiger partial charge is 0.0839 e. The molecular weight excluding hydrogens is 292 g/mol. The van der Waals surface area contributed by atoms with Crippen LogP contribution in [-0.2, 0) is 7.05 Å². The molecule has 2 aromatic rings. The molecule has 0 aromatic carbocycles. The number of aryl methyl sites for hydroxylation is 1. The van der Waals surface area contributed by atoms with Crippen molar-refractivity contribution in [2.45, 2.75) is 19.4 Å². The maximum absolute atomic E-state index is 4.48. The van der Waals surface area contributed by atoms with Crippen molar-refractivity contribution in [2.75, 3.05) is 6.54 Å². The zero-order valence-corrected chi connectivity index (χ0v) is 12.2. The predicted molar refractivity (Wildman–Crippen MR) is 75.3 cm³/mol. The van der Waals surface area contributed by atoms with E-state index in [1.165, 1.54) is 0 Å². The Morgan fingerprint density at radius 1 is 1.44 bits per heavy atom. The van der Waals surface area contributed by atoms with Gasteiger partial charge >= 0.3 is 0 Å². The Bertz CT molecular complexity index is 509. The molecule has 2 aromatic heterocycles. The number of rotatable bonds is 5. The van der Waals surface area contributed by atoms with Crippen molar-refractivity contribution >= 4 is 15.9 Å². The van der Waals surface area contributed by atoms with Crippen LogP contribution in [0.3, 0.4) is 0 Å². The summed E-state index contributed by atoms with van der Waals surface area (Å²) in [7, 11) is 1.93. The molecule has 5 heteroatoms. The standard InChI is InChI=1S/C13H17BrN4/c1-3-5-16-13(12-4-6-18(2)17-12)10-7-11(14)9-15-8-10/h4,6-9,13,16H,3,5H2,1-2H3. The third kappa shape index (κ3) is 3.17. The molecule has 1 atom stereocenters. The minimum absolute atomic E-state index is 0.0937. The van der Waals surface area contributed by atoms with Crippen LogP contribution in [0.15, 0.2) is 35.2 Å². The number of nitrogens with zero attached hydrogens (tertiary/aromatic N) is 3. The zero-order chi connectivity index (χ0) is 13.0. The van der Waals surface area contributed by atoms with Gasteiger partial charge in [0.2, 0.25) is 0 Å². The van der Waals surface area contributed by atoms with E-state index in [1.54, 1.807) is 6.20 Å². The average Bonchev–Trinajstić information content (AvgIpc) is 2.76. The highest BCUT2D eigenvalue weighted by molar-refractivity contribution is 9.10. The Balaban J connectivity index is 2.30. The van der Waals surface area contributed by atoms with Gasteiger partial charge in [-0.05, 0) is 46.6 Å². The van der Waals surface area contributed by atoms with Gasteiger partial charge in [0.15, 0.2) is 0 Å². The number of aromatic nitrogens is 3. The van der Waals surface area contributed by atoms with Gasteiger partial charge in [-0.2, -0.15) is 5.10 Å². The summed E-state index contributed by atoms with van der Waals surface area (Å²) in [6.45, 7) is 3.11. The molecule has 0 bridgehead atoms. The van der Waals surface area contributed by atoms with E-state index in [0.29, 0.717) is 0 Å². The van der Waals surface area contributed by atoms with Gasteiger partial charge in [0.25, 0.3) is 0 Å². The third-order valence-electron chi connectivity index (χ3n) is 2.69. The van der Waals surface area contributed by atoms with Crippen molar-refractivity contribution in [2.24, 2.45) is 7.05 Å². The molecule has 0 fully saturated rings. The molecule has 0 aliphatic heterocycles. The summed E-state index contributed by atoms with van der Waals surface area (Å²) in [6.07, 6.45) is 6.72. The van der Waals surface area contributed by atoms with E-state index in [2.05, 4.69) is 44.3 Å². The quantitative estimate of drug-likeness (QED) is 0.923. The predicted octanol–water partition coefficient (Wildman–Crippen LogP) is 2.67. The molecule has 0 saturated carbocycles. The van der Waals surface area contributed by atoms with Crippen LogP contribution in [0.5, 0.6) is 0 Å². The van der Waals surface area contributed by atoms with Crippen LogP contribution in [0.4, 0.5) is 0 Å². The first-order valence-electron chi connectivity index (χ1n) is 6.04. The fourth-order valence-electron chi connectivity index (χ4n) is 1.86. The first-order valence-corrected chi connectivity index (χ1v) is 6.83. The van der Waals surface area contributed by atoms with Gasteiger partial charge in [0, 0.05) is 30.1 Å². The highest BCUT2D eigenvalue weighted by Crippen LogP contribution is 2.22. The lowest BCUT2D eigenvalue weighted by atomic mass is 10.1. The van der Waals surface area contributed by atoms with Crippen molar-refractivity contribution in [3.8, 4) is 0 Å². The van der Waals surface area contributed by atoms with E-state index in [4.69, 9.17) is 0 Å². The maximum atomic E-state index is 4.48. The molecular formula is C13H17BrN4. The molecule has 4 nitrogen and oxygen atoms in total. The Morgan fingerprint density at radius 3 is 2.89 bits per heavy atom. The highest BCUT2D eigenvalue weighted by atomic mass is 79.9. The second kappa shape index (κ2) is 6.11. The minimum Gasteiger partial charge on any atom is -0.305 e. The second-order valence-corrected chi connectivity index (χ2v) is 5.15. The second-order valence-electron chi connectivity index (χ2n) is 4.24. The van der Waals surface area contributed by atoms with Crippen LogP contribution >= 0.6 is 15.9 Å². The number of pyridine rings is 1. The van der Waals surface area contributed by atoms with Crippen molar-refractivity contribution in [1.82, 2.24) is 20.1 Å². The molecule has 0 radical (unpaired) electrons. The lowest BCUT2D eigenvalue weighted by Gasteiger charge is -2.16. The summed E-state index contributed by atoms with van der Waals surface area (Å²) in [5, 5.41) is 7.99. The first kappa shape index (κ1) is 13.2. The van der Waals surface area contributed by atoms with E-state index in [1.807, 2.05) is 30.2 Å². The Morgan fingerprint density at radius 2 is 2.28 bits per heavy atom. The maximum Gasteiger partial charge on any atom is 0.0839 e. The van der Waals surface area contributed by atoms with Gasteiger partial charge in [-0.15, -0.1) is 0 Å². The van der Waals surface area contributed by atoms with E-state index >= 15 is 0 Å². The lowest BCUT2D eigenvalue weighted by Crippen LogP contribution is -2.24. The Kier molecular flexibility index (Phi) is 4.49. The van der Waals surface area contributed by atoms with E-state index < -0.39 is 0 Å². The normalized spacial score (nSPS) is 12.6. The fourth-order valence-corrected chi connectivity index (χ4v) is 2.24. The Hall–Kier alpha value is -1.20. The number of nitrogens with one attached hydrogen (secondary N) is 1. The molecule has 0 aliphatic carbocycles. The molecule has 18 heavy (non-hydrogen) atoms. The molecule has 0 saturated heterocycles. The van der Waals surface area contributed by atoms with Crippen LogP contribution in [-0.4, -0.2) is 21.3 Å². The number of hydrogen-bond acceptors (Lipinski definition) is 3. The van der Waals surface area contributed by atoms with Crippen LogP contribution in [0, 0.1) is 0 Å². The third-order valence-corrected chi connectivity index (χ3v) is 3.12. The van der Waals surface area contributed by atoms with Gasteiger partial charge in [0.1, 0.15) is 0 Å². The monoisotopic (exact) mass is 308 g/mol. The summed E-state index contributed by atoms with van der Waals surface area (Å²) in [4.78, 5) is 4.22. The number of hydrogen-bond donors (Lipinski definition) is 1. The first-order chi connectivity index (χ1) is 8.70. The molecule has 1 unspecified atom stereocenters. The average molecular weight is 309 g/mol. The summed E-state index contributed by atoms with van der Waals surface area (Å²) < 4.78 is 2.81. The van der Waals surface area contributed by atoms with E-state index in [0.717, 1.165) is 28.7 Å². The number of halogens is 1. The van der Waals surface area contributed by atoms with E-state index in [9.17, 15) is 0 Å². The SMILES string of the molecule is CCCNC(c1cncc(Br)c1)c1ccn(C)n1. The van der Waals surface area contributed by atoms with E-state index in [-0.39, 0.29) is 6.04 Å². The van der Waals surface area contributed by atoms with Gasteiger partial charge in [-0.1, -0.05) is 6.92 Å². The van der Waals surface area contributed by atoms with Crippen LogP contribution in [0.1, 0.15) is 30.6 Å². The topological polar surface area (TPSA) is 42.7 Å². The molecule has 2 rings (SSSR count). The fraction of sp³-hybridized carbons (Fsp3) is 0.385. The van der Waals surface area contributed by atoms with Crippen LogP contribution in [0.25, 0.3) is 0 Å². The molecule has 2 heterocycles. The Labute approximate surface area is 116 Å². The van der Waals surface area contributed by atoms with Gasteiger partial charge in [-0.25, -0.2) is 0 Å². The molecule has 0 spiro atoms. The van der Waals surface area contributed by atoms with Crippen molar-refractivity contribution in [3.63, 3.8) is 0 Å². The molecule has 1 N–H and O–H groups in total. The summed E-state index contributed by atoms with van der Waals surface area (Å²) in [5.41, 5.74) is 2.14. The largest absolute Gasteiger partial charge is 0.305 e. The highest BCUT2D eigenvalue weighted by Gasteiger charge is 2.16. The van der Waals surface area contributed by atoms with Crippen molar-refractivity contribution in [3.05, 3.63) is 46.5 Å². The van der Waals surface area contributed by atoms with Gasteiger partial charge in [-0.3, -0.25) is 9.67 Å². The van der Waals surface area contributed by atoms with Crippen molar-refractivity contribution in [1.29, 1.82) is 0 Å². The van der Waals surface area contributed by atoms with Gasteiger partial charge in [0.05, 0.1) is 11.7 Å². The summed E-state index contributed by atoms with van der Waals surface area (Å²) >= 11 is 3.46. The van der Waals surface area contributed by atoms with Crippen LogP contribution in [0.2, 0.25) is 0 Å². The molecule has 96 valence electrons. The summed E-state index contributed by atoms with van der Waals surface area (Å²) in [5.74, 6) is 0.